The third-order valence-electron chi connectivity index (χ3n) is 3.93. The average Bonchev–Trinajstić information content (AvgIpc) is 3.05. The maximum Gasteiger partial charge on any atom is 0.276 e. The number of piperidine rings is 1. The van der Waals surface area contributed by atoms with Crippen molar-refractivity contribution in [3.05, 3.63) is 36.3 Å². The lowest BCUT2D eigenvalue weighted by Gasteiger charge is -2.30. The Hall–Kier alpha value is -2.21. The Morgan fingerprint density at radius 2 is 2.05 bits per heavy atom. The van der Waals surface area contributed by atoms with Gasteiger partial charge in [0.15, 0.2) is 11.5 Å². The largest absolute Gasteiger partial charge is 0.355 e. The standard InChI is InChI=1S/C15H18N4O2/c16-10-11-3-7-19(8-4-11)15(20)13-9-14(21-18-13)12-1-5-17-6-2-12/h1-2,5-6,9,11H,3-4,7-8,10,16H2. The summed E-state index contributed by atoms with van der Waals surface area (Å²) in [7, 11) is 0. The smallest absolute Gasteiger partial charge is 0.276 e. The molecule has 0 saturated carbocycles. The van der Waals surface area contributed by atoms with Gasteiger partial charge in [-0.25, -0.2) is 0 Å². The van der Waals surface area contributed by atoms with Crippen LogP contribution in [0.25, 0.3) is 11.3 Å². The van der Waals surface area contributed by atoms with Crippen LogP contribution in [0.3, 0.4) is 0 Å². The van der Waals surface area contributed by atoms with Crippen LogP contribution in [-0.4, -0.2) is 40.6 Å². The number of carbonyl (C=O) groups excluding carboxylic acids is 1. The van der Waals surface area contributed by atoms with Crippen LogP contribution in [0.5, 0.6) is 0 Å². The van der Waals surface area contributed by atoms with Crippen molar-refractivity contribution in [1.82, 2.24) is 15.0 Å². The molecule has 21 heavy (non-hydrogen) atoms. The van der Waals surface area contributed by atoms with E-state index in [1.807, 2.05) is 17.0 Å². The van der Waals surface area contributed by atoms with Crippen LogP contribution in [0.2, 0.25) is 0 Å². The monoisotopic (exact) mass is 286 g/mol. The summed E-state index contributed by atoms with van der Waals surface area (Å²) in [6.45, 7) is 2.16. The molecule has 0 radical (unpaired) electrons. The van der Waals surface area contributed by atoms with Crippen LogP contribution in [0, 0.1) is 5.92 Å². The number of nitrogens with two attached hydrogens (primary N) is 1. The van der Waals surface area contributed by atoms with Crippen LogP contribution in [-0.2, 0) is 0 Å². The van der Waals surface area contributed by atoms with Gasteiger partial charge in [-0.2, -0.15) is 0 Å². The average molecular weight is 286 g/mol. The number of carbonyl (C=O) groups is 1. The van der Waals surface area contributed by atoms with Gasteiger partial charge in [-0.1, -0.05) is 5.16 Å². The van der Waals surface area contributed by atoms with Gasteiger partial charge >= 0.3 is 0 Å². The molecule has 1 aliphatic heterocycles. The second kappa shape index (κ2) is 6.05. The Balaban J connectivity index is 1.70. The summed E-state index contributed by atoms with van der Waals surface area (Å²) in [5, 5.41) is 3.90. The summed E-state index contributed by atoms with van der Waals surface area (Å²) in [4.78, 5) is 18.2. The minimum absolute atomic E-state index is 0.0745. The molecule has 1 amide bonds. The van der Waals surface area contributed by atoms with Crippen molar-refractivity contribution in [2.24, 2.45) is 11.7 Å². The van der Waals surface area contributed by atoms with Crippen LogP contribution < -0.4 is 5.73 Å². The molecule has 6 nitrogen and oxygen atoms in total. The quantitative estimate of drug-likeness (QED) is 0.925. The molecule has 2 aromatic heterocycles. The fraction of sp³-hybridized carbons (Fsp3) is 0.400. The summed E-state index contributed by atoms with van der Waals surface area (Å²) < 4.78 is 5.26. The van der Waals surface area contributed by atoms with Gasteiger partial charge in [0.05, 0.1) is 0 Å². The number of aromatic nitrogens is 2. The first kappa shape index (κ1) is 13.8. The minimum atomic E-state index is -0.0745. The van der Waals surface area contributed by atoms with Crippen molar-refractivity contribution >= 4 is 5.91 Å². The molecule has 2 N–H and O–H groups in total. The SMILES string of the molecule is NCC1CCN(C(=O)c2cc(-c3ccncc3)on2)CC1. The molecule has 1 fully saturated rings. The number of likely N-dealkylation sites (tertiary alicyclic amines) is 1. The fourth-order valence-electron chi connectivity index (χ4n) is 2.56. The molecule has 110 valence electrons. The van der Waals surface area contributed by atoms with Crippen LogP contribution in [0.4, 0.5) is 0 Å². The van der Waals surface area contributed by atoms with Crippen molar-refractivity contribution < 1.29 is 9.32 Å². The van der Waals surface area contributed by atoms with E-state index >= 15 is 0 Å². The van der Waals surface area contributed by atoms with E-state index in [0.29, 0.717) is 23.9 Å². The van der Waals surface area contributed by atoms with E-state index in [9.17, 15) is 4.79 Å². The first-order valence-electron chi connectivity index (χ1n) is 7.14. The molecule has 0 aromatic carbocycles. The lowest BCUT2D eigenvalue weighted by atomic mass is 9.97. The summed E-state index contributed by atoms with van der Waals surface area (Å²) >= 11 is 0. The summed E-state index contributed by atoms with van der Waals surface area (Å²) in [6.07, 6.45) is 5.27. The van der Waals surface area contributed by atoms with Crippen molar-refractivity contribution in [2.45, 2.75) is 12.8 Å². The Labute approximate surface area is 122 Å². The third kappa shape index (κ3) is 2.95. The van der Waals surface area contributed by atoms with Gasteiger partial charge in [-0.3, -0.25) is 9.78 Å². The second-order valence-electron chi connectivity index (χ2n) is 5.28. The van der Waals surface area contributed by atoms with Gasteiger partial charge in [0.1, 0.15) is 0 Å². The first-order chi connectivity index (χ1) is 10.3. The topological polar surface area (TPSA) is 85.2 Å². The Morgan fingerprint density at radius 3 is 2.71 bits per heavy atom. The van der Waals surface area contributed by atoms with E-state index in [4.69, 9.17) is 10.3 Å². The van der Waals surface area contributed by atoms with E-state index in [-0.39, 0.29) is 5.91 Å². The van der Waals surface area contributed by atoms with Gasteiger partial charge in [0.25, 0.3) is 5.91 Å². The number of nitrogens with zero attached hydrogens (tertiary/aromatic N) is 3. The van der Waals surface area contributed by atoms with E-state index in [1.165, 1.54) is 0 Å². The van der Waals surface area contributed by atoms with Crippen molar-refractivity contribution in [2.75, 3.05) is 19.6 Å². The minimum Gasteiger partial charge on any atom is -0.355 e. The summed E-state index contributed by atoms with van der Waals surface area (Å²) in [6, 6.07) is 5.33. The molecule has 0 aliphatic carbocycles. The highest BCUT2D eigenvalue weighted by atomic mass is 16.5. The van der Waals surface area contributed by atoms with Crippen LogP contribution in [0.15, 0.2) is 35.1 Å². The van der Waals surface area contributed by atoms with Gasteiger partial charge in [0.2, 0.25) is 0 Å². The highest BCUT2D eigenvalue weighted by Gasteiger charge is 2.25. The molecule has 0 spiro atoms. The Bertz CT molecular complexity index is 603. The maximum absolute atomic E-state index is 12.4. The Morgan fingerprint density at radius 1 is 1.33 bits per heavy atom. The lowest BCUT2D eigenvalue weighted by Crippen LogP contribution is -2.40. The van der Waals surface area contributed by atoms with Gasteiger partial charge in [0, 0.05) is 37.1 Å². The highest BCUT2D eigenvalue weighted by Crippen LogP contribution is 2.22. The van der Waals surface area contributed by atoms with Crippen molar-refractivity contribution in [1.29, 1.82) is 0 Å². The van der Waals surface area contributed by atoms with E-state index in [2.05, 4.69) is 10.1 Å². The predicted octanol–water partition coefficient (Wildman–Crippen LogP) is 1.55. The number of amides is 1. The van der Waals surface area contributed by atoms with Crippen LogP contribution in [0.1, 0.15) is 23.3 Å². The first-order valence-corrected chi connectivity index (χ1v) is 7.14. The van der Waals surface area contributed by atoms with Gasteiger partial charge in [-0.05, 0) is 37.4 Å². The number of hydrogen-bond acceptors (Lipinski definition) is 5. The van der Waals surface area contributed by atoms with Crippen LogP contribution >= 0.6 is 0 Å². The zero-order valence-corrected chi connectivity index (χ0v) is 11.7. The fourth-order valence-corrected chi connectivity index (χ4v) is 2.56. The Kier molecular flexibility index (Phi) is 3.96. The van der Waals surface area contributed by atoms with Crippen molar-refractivity contribution in [3.63, 3.8) is 0 Å². The molecule has 0 unspecified atom stereocenters. The van der Waals surface area contributed by atoms with Gasteiger partial charge < -0.3 is 15.2 Å². The summed E-state index contributed by atoms with van der Waals surface area (Å²) in [5.74, 6) is 1.03. The third-order valence-corrected chi connectivity index (χ3v) is 3.93. The normalized spacial score (nSPS) is 16.1. The highest BCUT2D eigenvalue weighted by molar-refractivity contribution is 5.93. The molecular weight excluding hydrogens is 268 g/mol. The molecule has 1 aliphatic rings. The van der Waals surface area contributed by atoms with Crippen molar-refractivity contribution in [3.8, 4) is 11.3 Å². The molecule has 2 aromatic rings. The number of hydrogen-bond donors (Lipinski definition) is 1. The second-order valence-corrected chi connectivity index (χ2v) is 5.28. The number of pyridine rings is 1. The van der Waals surface area contributed by atoms with E-state index in [0.717, 1.165) is 31.5 Å². The zero-order chi connectivity index (χ0) is 14.7. The number of rotatable bonds is 3. The molecule has 3 rings (SSSR count). The van der Waals surface area contributed by atoms with E-state index in [1.54, 1.807) is 18.5 Å². The van der Waals surface area contributed by atoms with E-state index < -0.39 is 0 Å². The van der Waals surface area contributed by atoms with Gasteiger partial charge in [-0.15, -0.1) is 0 Å². The molecule has 1 saturated heterocycles. The lowest BCUT2D eigenvalue weighted by molar-refractivity contribution is 0.0683. The summed E-state index contributed by atoms with van der Waals surface area (Å²) in [5.41, 5.74) is 6.88. The molecule has 0 bridgehead atoms. The predicted molar refractivity (Wildman–Crippen MR) is 77.4 cm³/mol. The molecule has 6 heteroatoms. The molecule has 3 heterocycles. The maximum atomic E-state index is 12.4. The zero-order valence-electron chi connectivity index (χ0n) is 11.7. The molecule has 0 atom stereocenters. The molecular formula is C15H18N4O2.